The first-order valence-corrected chi connectivity index (χ1v) is 11.7. The van der Waals surface area contributed by atoms with Crippen LogP contribution in [0.3, 0.4) is 0 Å². The van der Waals surface area contributed by atoms with Crippen molar-refractivity contribution in [3.05, 3.63) is 69.6 Å². The highest BCUT2D eigenvalue weighted by Crippen LogP contribution is 2.20. The molecule has 0 N–H and O–H groups in total. The van der Waals surface area contributed by atoms with Crippen LogP contribution >= 0.6 is 23.1 Å². The smallest absolute Gasteiger partial charge is 0.258 e. The summed E-state index contributed by atoms with van der Waals surface area (Å²) in [6.07, 6.45) is 1.75. The first-order chi connectivity index (χ1) is 14.1. The monoisotopic (exact) mass is 428 g/mol. The van der Waals surface area contributed by atoms with Crippen molar-refractivity contribution in [2.75, 3.05) is 26.2 Å². The van der Waals surface area contributed by atoms with E-state index in [4.69, 9.17) is 0 Å². The summed E-state index contributed by atoms with van der Waals surface area (Å²) in [6, 6.07) is 11.9. The molecular weight excluding hydrogens is 404 g/mol. The fourth-order valence-corrected chi connectivity index (χ4v) is 5.11. The molecule has 0 saturated carbocycles. The average Bonchev–Trinajstić information content (AvgIpc) is 3.22. The van der Waals surface area contributed by atoms with E-state index in [9.17, 15) is 9.59 Å². The van der Waals surface area contributed by atoms with Crippen LogP contribution < -0.4 is 5.56 Å². The molecule has 0 radical (unpaired) electrons. The van der Waals surface area contributed by atoms with Gasteiger partial charge in [-0.3, -0.25) is 18.9 Å². The van der Waals surface area contributed by atoms with Crippen molar-refractivity contribution >= 4 is 34.0 Å². The summed E-state index contributed by atoms with van der Waals surface area (Å²) in [5.74, 6) is 1.06. The van der Waals surface area contributed by atoms with Crippen molar-refractivity contribution in [3.8, 4) is 0 Å². The van der Waals surface area contributed by atoms with Gasteiger partial charge < -0.3 is 4.90 Å². The molecule has 6 nitrogen and oxygen atoms in total. The number of nitrogens with zero attached hydrogens (tertiary/aromatic N) is 4. The van der Waals surface area contributed by atoms with Crippen molar-refractivity contribution in [1.82, 2.24) is 19.2 Å². The van der Waals surface area contributed by atoms with E-state index in [0.29, 0.717) is 6.54 Å². The minimum Gasteiger partial charge on any atom is -0.339 e. The number of piperazine rings is 1. The molecule has 1 saturated heterocycles. The fraction of sp³-hybridized carbons (Fsp3) is 0.381. The predicted molar refractivity (Wildman–Crippen MR) is 118 cm³/mol. The lowest BCUT2D eigenvalue weighted by atomic mass is 10.2. The lowest BCUT2D eigenvalue weighted by molar-refractivity contribution is -0.132. The number of thiazole rings is 1. The van der Waals surface area contributed by atoms with Crippen LogP contribution in [0.1, 0.15) is 18.2 Å². The molecule has 4 rings (SSSR count). The van der Waals surface area contributed by atoms with E-state index in [1.165, 1.54) is 16.9 Å². The fourth-order valence-electron chi connectivity index (χ4n) is 3.45. The van der Waals surface area contributed by atoms with E-state index >= 15 is 0 Å². The molecule has 1 atom stereocenters. The molecule has 1 fully saturated rings. The topological polar surface area (TPSA) is 57.9 Å². The standard InChI is InChI=1S/C21H24N4O2S2/c1-16(29-15-17-5-3-2-4-6-17)20(27)24-9-7-23(8-10-24)14-18-13-19(26)25-11-12-28-21(25)22-18/h2-6,11-13,16H,7-10,14-15H2,1H3/t16-/m0/s1. The third-order valence-electron chi connectivity index (χ3n) is 5.12. The molecule has 8 heteroatoms. The number of carbonyl (C=O) groups excluding carboxylic acids is 1. The predicted octanol–water partition coefficient (Wildman–Crippen LogP) is 2.72. The molecule has 1 aliphatic rings. The molecule has 0 bridgehead atoms. The third-order valence-corrected chi connectivity index (χ3v) is 7.07. The Hall–Kier alpha value is -2.16. The second kappa shape index (κ2) is 9.11. The van der Waals surface area contributed by atoms with Crippen LogP contribution in [-0.2, 0) is 17.1 Å². The Balaban J connectivity index is 1.28. The number of hydrogen-bond donors (Lipinski definition) is 0. The zero-order chi connectivity index (χ0) is 20.2. The summed E-state index contributed by atoms with van der Waals surface area (Å²) in [7, 11) is 0. The van der Waals surface area contributed by atoms with Gasteiger partial charge in [-0.1, -0.05) is 30.3 Å². The summed E-state index contributed by atoms with van der Waals surface area (Å²) in [5, 5.41) is 1.82. The molecule has 3 aromatic rings. The summed E-state index contributed by atoms with van der Waals surface area (Å²) >= 11 is 3.15. The Morgan fingerprint density at radius 1 is 1.21 bits per heavy atom. The van der Waals surface area contributed by atoms with E-state index in [-0.39, 0.29) is 16.7 Å². The minimum absolute atomic E-state index is 0.0377. The zero-order valence-corrected chi connectivity index (χ0v) is 18.0. The SMILES string of the molecule is C[C@H](SCc1ccccc1)C(=O)N1CCN(Cc2cc(=O)n3ccsc3n2)CC1. The van der Waals surface area contributed by atoms with E-state index in [1.807, 2.05) is 35.4 Å². The van der Waals surface area contributed by atoms with Gasteiger partial charge in [-0.05, 0) is 12.5 Å². The van der Waals surface area contributed by atoms with Gasteiger partial charge in [0, 0.05) is 56.1 Å². The number of amides is 1. The molecule has 29 heavy (non-hydrogen) atoms. The lowest BCUT2D eigenvalue weighted by Gasteiger charge is -2.35. The Bertz CT molecular complexity index is 1030. The number of rotatable bonds is 6. The van der Waals surface area contributed by atoms with Gasteiger partial charge in [0.05, 0.1) is 10.9 Å². The first-order valence-electron chi connectivity index (χ1n) is 9.72. The number of aromatic nitrogens is 2. The number of benzene rings is 1. The van der Waals surface area contributed by atoms with Gasteiger partial charge in [0.25, 0.3) is 5.56 Å². The Labute approximate surface area is 178 Å². The minimum atomic E-state index is -0.0512. The second-order valence-corrected chi connectivity index (χ2v) is 9.38. The van der Waals surface area contributed by atoms with Crippen molar-refractivity contribution in [2.45, 2.75) is 24.5 Å². The molecule has 0 unspecified atom stereocenters. The van der Waals surface area contributed by atoms with Crippen LogP contribution in [0, 0.1) is 0 Å². The molecule has 3 heterocycles. The molecule has 0 spiro atoms. The largest absolute Gasteiger partial charge is 0.339 e. The number of fused-ring (bicyclic) bond motifs is 1. The van der Waals surface area contributed by atoms with Crippen LogP contribution in [0.15, 0.2) is 52.8 Å². The first kappa shape index (κ1) is 20.1. The molecular formula is C21H24N4O2S2. The van der Waals surface area contributed by atoms with Crippen molar-refractivity contribution in [1.29, 1.82) is 0 Å². The molecule has 1 amide bonds. The normalized spacial score (nSPS) is 16.2. The van der Waals surface area contributed by atoms with Gasteiger partial charge in [-0.25, -0.2) is 4.98 Å². The molecule has 2 aromatic heterocycles. The van der Waals surface area contributed by atoms with Crippen LogP contribution in [0.25, 0.3) is 4.96 Å². The van der Waals surface area contributed by atoms with Crippen LogP contribution in [0.4, 0.5) is 0 Å². The van der Waals surface area contributed by atoms with Crippen molar-refractivity contribution in [3.63, 3.8) is 0 Å². The second-order valence-electron chi connectivity index (χ2n) is 7.18. The maximum Gasteiger partial charge on any atom is 0.258 e. The highest BCUT2D eigenvalue weighted by Gasteiger charge is 2.25. The highest BCUT2D eigenvalue weighted by atomic mass is 32.2. The maximum absolute atomic E-state index is 12.8. The maximum atomic E-state index is 12.8. The Morgan fingerprint density at radius 3 is 2.72 bits per heavy atom. The molecule has 152 valence electrons. The van der Waals surface area contributed by atoms with Crippen LogP contribution in [0.2, 0.25) is 0 Å². The van der Waals surface area contributed by atoms with Gasteiger partial charge in [0.15, 0.2) is 4.96 Å². The van der Waals surface area contributed by atoms with Crippen LogP contribution in [-0.4, -0.2) is 56.5 Å². The number of carbonyl (C=O) groups is 1. The number of hydrogen-bond acceptors (Lipinski definition) is 6. The van der Waals surface area contributed by atoms with Gasteiger partial charge >= 0.3 is 0 Å². The lowest BCUT2D eigenvalue weighted by Crippen LogP contribution is -2.50. The molecule has 1 aromatic carbocycles. The van der Waals surface area contributed by atoms with Crippen molar-refractivity contribution in [2.24, 2.45) is 0 Å². The van der Waals surface area contributed by atoms with Crippen LogP contribution in [0.5, 0.6) is 0 Å². The van der Waals surface area contributed by atoms with E-state index in [2.05, 4.69) is 22.0 Å². The van der Waals surface area contributed by atoms with E-state index in [1.54, 1.807) is 28.4 Å². The zero-order valence-electron chi connectivity index (χ0n) is 16.4. The summed E-state index contributed by atoms with van der Waals surface area (Å²) in [4.78, 5) is 34.4. The van der Waals surface area contributed by atoms with Gasteiger partial charge in [0.2, 0.25) is 5.91 Å². The van der Waals surface area contributed by atoms with Crippen molar-refractivity contribution < 1.29 is 4.79 Å². The quantitative estimate of drug-likeness (QED) is 0.604. The number of thioether (sulfide) groups is 1. The highest BCUT2D eigenvalue weighted by molar-refractivity contribution is 7.99. The summed E-state index contributed by atoms with van der Waals surface area (Å²) < 4.78 is 1.57. The van der Waals surface area contributed by atoms with Gasteiger partial charge in [0.1, 0.15) is 0 Å². The molecule has 0 aliphatic carbocycles. The van der Waals surface area contributed by atoms with E-state index < -0.39 is 0 Å². The summed E-state index contributed by atoms with van der Waals surface area (Å²) in [5.41, 5.74) is 2.00. The average molecular weight is 429 g/mol. The third kappa shape index (κ3) is 4.88. The summed E-state index contributed by atoms with van der Waals surface area (Å²) in [6.45, 7) is 5.67. The van der Waals surface area contributed by atoms with Gasteiger partial charge in [-0.15, -0.1) is 23.1 Å². The van der Waals surface area contributed by atoms with Gasteiger partial charge in [-0.2, -0.15) is 0 Å². The Morgan fingerprint density at radius 2 is 1.97 bits per heavy atom. The Kier molecular flexibility index (Phi) is 6.32. The van der Waals surface area contributed by atoms with E-state index in [0.717, 1.165) is 42.6 Å². The molecule has 1 aliphatic heterocycles.